The molecule has 0 bridgehead atoms. The van der Waals surface area contributed by atoms with E-state index >= 15 is 0 Å². The minimum absolute atomic E-state index is 0.0294. The lowest BCUT2D eigenvalue weighted by molar-refractivity contribution is 0.0981. The minimum atomic E-state index is 0.0294. The zero-order valence-corrected chi connectivity index (χ0v) is 9.10. The quantitative estimate of drug-likeness (QED) is 0.636. The standard InChI is InChI=1S/C11H11BrO/c1-7-3-2-4-9-8(7)5-6-10(12)11(9)13/h2-4,10H,5-6H2,1H3. The summed E-state index contributed by atoms with van der Waals surface area (Å²) in [5, 5.41) is 0. The fourth-order valence-electron chi connectivity index (χ4n) is 1.84. The van der Waals surface area contributed by atoms with Crippen LogP contribution in [-0.4, -0.2) is 10.6 Å². The van der Waals surface area contributed by atoms with E-state index in [9.17, 15) is 4.79 Å². The predicted molar refractivity (Wildman–Crippen MR) is 56.5 cm³/mol. The average molecular weight is 239 g/mol. The number of halogens is 1. The molecule has 0 saturated heterocycles. The van der Waals surface area contributed by atoms with Gasteiger partial charge in [0.05, 0.1) is 4.83 Å². The van der Waals surface area contributed by atoms with E-state index < -0.39 is 0 Å². The van der Waals surface area contributed by atoms with Gasteiger partial charge in [-0.05, 0) is 30.9 Å². The highest BCUT2D eigenvalue weighted by atomic mass is 79.9. The Balaban J connectivity index is 2.55. The van der Waals surface area contributed by atoms with Gasteiger partial charge in [0.25, 0.3) is 0 Å². The molecule has 0 fully saturated rings. The van der Waals surface area contributed by atoms with E-state index in [-0.39, 0.29) is 10.6 Å². The topological polar surface area (TPSA) is 17.1 Å². The second kappa shape index (κ2) is 3.26. The smallest absolute Gasteiger partial charge is 0.176 e. The highest BCUT2D eigenvalue weighted by molar-refractivity contribution is 9.10. The first-order valence-corrected chi connectivity index (χ1v) is 5.38. The van der Waals surface area contributed by atoms with Gasteiger partial charge in [0.2, 0.25) is 0 Å². The normalized spacial score (nSPS) is 21.4. The number of rotatable bonds is 0. The summed E-state index contributed by atoms with van der Waals surface area (Å²) in [4.78, 5) is 11.8. The summed E-state index contributed by atoms with van der Waals surface area (Å²) in [6, 6.07) is 5.95. The van der Waals surface area contributed by atoms with Gasteiger partial charge in [-0.25, -0.2) is 0 Å². The monoisotopic (exact) mass is 238 g/mol. The van der Waals surface area contributed by atoms with E-state index in [1.54, 1.807) is 0 Å². The maximum absolute atomic E-state index is 11.7. The Morgan fingerprint density at radius 2 is 2.23 bits per heavy atom. The van der Waals surface area contributed by atoms with Crippen molar-refractivity contribution in [3.05, 3.63) is 34.9 Å². The van der Waals surface area contributed by atoms with E-state index in [4.69, 9.17) is 0 Å². The van der Waals surface area contributed by atoms with Gasteiger partial charge >= 0.3 is 0 Å². The van der Waals surface area contributed by atoms with Crippen molar-refractivity contribution in [2.45, 2.75) is 24.6 Å². The maximum atomic E-state index is 11.7. The van der Waals surface area contributed by atoms with Gasteiger partial charge in [-0.3, -0.25) is 4.79 Å². The summed E-state index contributed by atoms with van der Waals surface area (Å²) < 4.78 is 0. The minimum Gasteiger partial charge on any atom is -0.293 e. The molecule has 0 radical (unpaired) electrons. The van der Waals surface area contributed by atoms with Crippen molar-refractivity contribution in [1.29, 1.82) is 0 Å². The molecule has 1 atom stereocenters. The van der Waals surface area contributed by atoms with Crippen molar-refractivity contribution in [3.63, 3.8) is 0 Å². The lowest BCUT2D eigenvalue weighted by atomic mass is 9.88. The second-order valence-electron chi connectivity index (χ2n) is 3.47. The number of alkyl halides is 1. The summed E-state index contributed by atoms with van der Waals surface area (Å²) in [6.45, 7) is 2.07. The first-order valence-electron chi connectivity index (χ1n) is 4.47. The Labute approximate surface area is 86.3 Å². The Bertz CT molecular complexity index is 357. The van der Waals surface area contributed by atoms with Crippen LogP contribution in [0.2, 0.25) is 0 Å². The SMILES string of the molecule is Cc1cccc2c1CCC(Br)C2=O. The van der Waals surface area contributed by atoms with Gasteiger partial charge in [0.15, 0.2) is 5.78 Å². The summed E-state index contributed by atoms with van der Waals surface area (Å²) in [7, 11) is 0. The molecule has 1 aliphatic carbocycles. The molecule has 1 aromatic rings. The molecule has 0 N–H and O–H groups in total. The molecule has 68 valence electrons. The largest absolute Gasteiger partial charge is 0.293 e. The molecule has 13 heavy (non-hydrogen) atoms. The van der Waals surface area contributed by atoms with Gasteiger partial charge in [-0.15, -0.1) is 0 Å². The molecule has 0 saturated carbocycles. The zero-order chi connectivity index (χ0) is 9.42. The van der Waals surface area contributed by atoms with E-state index in [1.807, 2.05) is 12.1 Å². The number of carbonyl (C=O) groups excluding carboxylic acids is 1. The zero-order valence-electron chi connectivity index (χ0n) is 7.51. The Hall–Kier alpha value is -0.630. The number of aryl methyl sites for hydroxylation is 1. The Kier molecular flexibility index (Phi) is 2.24. The van der Waals surface area contributed by atoms with Crippen LogP contribution in [0.15, 0.2) is 18.2 Å². The highest BCUT2D eigenvalue weighted by Gasteiger charge is 2.25. The van der Waals surface area contributed by atoms with E-state index in [1.165, 1.54) is 11.1 Å². The predicted octanol–water partition coefficient (Wildman–Crippen LogP) is 2.89. The van der Waals surface area contributed by atoms with Gasteiger partial charge in [0, 0.05) is 5.56 Å². The van der Waals surface area contributed by atoms with E-state index in [2.05, 4.69) is 28.9 Å². The molecule has 0 aliphatic heterocycles. The van der Waals surface area contributed by atoms with Crippen molar-refractivity contribution < 1.29 is 4.79 Å². The number of Topliss-reactive ketones (excluding diaryl/α,β-unsaturated/α-hetero) is 1. The fraction of sp³-hybridized carbons (Fsp3) is 0.364. The highest BCUT2D eigenvalue weighted by Crippen LogP contribution is 2.27. The summed E-state index contributed by atoms with van der Waals surface area (Å²) >= 11 is 3.40. The number of hydrogen-bond acceptors (Lipinski definition) is 1. The number of ketones is 1. The van der Waals surface area contributed by atoms with Crippen molar-refractivity contribution >= 4 is 21.7 Å². The Morgan fingerprint density at radius 3 is 3.00 bits per heavy atom. The van der Waals surface area contributed by atoms with Gasteiger partial charge < -0.3 is 0 Å². The van der Waals surface area contributed by atoms with Crippen LogP contribution in [0.1, 0.15) is 27.9 Å². The lowest BCUT2D eigenvalue weighted by Crippen LogP contribution is -2.22. The third-order valence-electron chi connectivity index (χ3n) is 2.61. The number of fused-ring (bicyclic) bond motifs is 1. The van der Waals surface area contributed by atoms with Crippen molar-refractivity contribution in [3.8, 4) is 0 Å². The molecule has 1 aliphatic rings. The molecule has 2 rings (SSSR count). The average Bonchev–Trinajstić information content (AvgIpc) is 2.12. The Morgan fingerprint density at radius 1 is 1.46 bits per heavy atom. The van der Waals surface area contributed by atoms with Crippen molar-refractivity contribution in [2.75, 3.05) is 0 Å². The fourth-order valence-corrected chi connectivity index (χ4v) is 2.31. The molecular formula is C11H11BrO. The number of hydrogen-bond donors (Lipinski definition) is 0. The van der Waals surface area contributed by atoms with Crippen LogP contribution < -0.4 is 0 Å². The van der Waals surface area contributed by atoms with Crippen LogP contribution in [0.4, 0.5) is 0 Å². The third kappa shape index (κ3) is 1.44. The second-order valence-corrected chi connectivity index (χ2v) is 4.58. The summed E-state index contributed by atoms with van der Waals surface area (Å²) in [6.07, 6.45) is 1.94. The van der Waals surface area contributed by atoms with Gasteiger partial charge in [-0.2, -0.15) is 0 Å². The number of benzene rings is 1. The van der Waals surface area contributed by atoms with E-state index in [0.29, 0.717) is 0 Å². The van der Waals surface area contributed by atoms with Crippen LogP contribution >= 0.6 is 15.9 Å². The van der Waals surface area contributed by atoms with Crippen LogP contribution in [0.3, 0.4) is 0 Å². The van der Waals surface area contributed by atoms with Crippen molar-refractivity contribution in [2.24, 2.45) is 0 Å². The first kappa shape index (κ1) is 8.95. The third-order valence-corrected chi connectivity index (χ3v) is 3.48. The molecule has 1 nitrogen and oxygen atoms in total. The molecule has 1 unspecified atom stereocenters. The van der Waals surface area contributed by atoms with Crippen LogP contribution in [0.5, 0.6) is 0 Å². The molecule has 0 amide bonds. The van der Waals surface area contributed by atoms with E-state index in [0.717, 1.165) is 18.4 Å². The molecule has 0 spiro atoms. The lowest BCUT2D eigenvalue weighted by Gasteiger charge is -2.20. The van der Waals surface area contributed by atoms with Crippen LogP contribution in [0.25, 0.3) is 0 Å². The number of carbonyl (C=O) groups is 1. The van der Waals surface area contributed by atoms with Gasteiger partial charge in [-0.1, -0.05) is 34.1 Å². The van der Waals surface area contributed by atoms with Crippen molar-refractivity contribution in [1.82, 2.24) is 0 Å². The first-order chi connectivity index (χ1) is 6.20. The summed E-state index contributed by atoms with van der Waals surface area (Å²) in [5.41, 5.74) is 3.39. The molecule has 0 aromatic heterocycles. The molecule has 0 heterocycles. The van der Waals surface area contributed by atoms with Crippen LogP contribution in [0, 0.1) is 6.92 Å². The maximum Gasteiger partial charge on any atom is 0.176 e. The molecule has 1 aromatic carbocycles. The molecule has 2 heteroatoms. The van der Waals surface area contributed by atoms with Gasteiger partial charge in [0.1, 0.15) is 0 Å². The molecular weight excluding hydrogens is 228 g/mol. The van der Waals surface area contributed by atoms with Crippen LogP contribution in [-0.2, 0) is 6.42 Å². The summed E-state index contributed by atoms with van der Waals surface area (Å²) in [5.74, 6) is 0.241.